The minimum atomic E-state index is -4.37. The van der Waals surface area contributed by atoms with Gasteiger partial charge in [-0.25, -0.2) is 4.98 Å². The van der Waals surface area contributed by atoms with Crippen molar-refractivity contribution in [2.45, 2.75) is 32.6 Å². The van der Waals surface area contributed by atoms with E-state index >= 15 is 0 Å². The molecular formula is C14H16ClF3N4O. The molecule has 0 unspecified atom stereocenters. The zero-order valence-corrected chi connectivity index (χ0v) is 13.1. The van der Waals surface area contributed by atoms with Crippen LogP contribution in [0.25, 0.3) is 0 Å². The highest BCUT2D eigenvalue weighted by molar-refractivity contribution is 6.30. The third-order valence-electron chi connectivity index (χ3n) is 3.07. The fraction of sp³-hybridized carbons (Fsp3) is 0.429. The molecule has 2 rings (SSSR count). The lowest BCUT2D eigenvalue weighted by molar-refractivity contribution is -0.154. The summed E-state index contributed by atoms with van der Waals surface area (Å²) in [6.45, 7) is 1.68. The number of rotatable bonds is 7. The van der Waals surface area contributed by atoms with Crippen LogP contribution in [0.3, 0.4) is 0 Å². The van der Waals surface area contributed by atoms with Crippen LogP contribution in [-0.4, -0.2) is 28.0 Å². The summed E-state index contributed by atoms with van der Waals surface area (Å²) in [6, 6.07) is 3.06. The van der Waals surface area contributed by atoms with Gasteiger partial charge in [0.1, 0.15) is 0 Å². The summed E-state index contributed by atoms with van der Waals surface area (Å²) in [6.07, 6.45) is -2.11. The van der Waals surface area contributed by atoms with Crippen molar-refractivity contribution in [3.05, 3.63) is 40.3 Å². The molecule has 0 atom stereocenters. The summed E-state index contributed by atoms with van der Waals surface area (Å²) in [5.41, 5.74) is 2.70. The standard InChI is InChI=1S/C14H16ClF3N4O/c1-2-11-10(13(15)22-21-11)7-19-5-9-3-4-12(20-6-9)23-8-14(16,17)18/h3-4,6,19H,2,5,7-8H2,1H3,(H,21,22). The molecule has 0 saturated carbocycles. The number of H-pyrrole nitrogens is 1. The Morgan fingerprint density at radius 3 is 2.70 bits per heavy atom. The van der Waals surface area contributed by atoms with Crippen LogP contribution in [-0.2, 0) is 19.5 Å². The second kappa shape index (κ2) is 7.65. The van der Waals surface area contributed by atoms with Crippen LogP contribution in [0.5, 0.6) is 5.88 Å². The van der Waals surface area contributed by atoms with Gasteiger partial charge in [-0.1, -0.05) is 24.6 Å². The predicted molar refractivity (Wildman–Crippen MR) is 79.3 cm³/mol. The molecule has 2 aromatic heterocycles. The van der Waals surface area contributed by atoms with Gasteiger partial charge in [0.05, 0.1) is 0 Å². The van der Waals surface area contributed by atoms with Gasteiger partial charge in [0.25, 0.3) is 0 Å². The number of hydrogen-bond acceptors (Lipinski definition) is 4. The molecule has 23 heavy (non-hydrogen) atoms. The lowest BCUT2D eigenvalue weighted by Crippen LogP contribution is -2.19. The van der Waals surface area contributed by atoms with Crippen molar-refractivity contribution in [3.63, 3.8) is 0 Å². The zero-order chi connectivity index (χ0) is 16.9. The molecule has 0 aliphatic heterocycles. The largest absolute Gasteiger partial charge is 0.468 e. The molecule has 2 aromatic rings. The Morgan fingerprint density at radius 2 is 2.09 bits per heavy atom. The molecule has 0 spiro atoms. The Morgan fingerprint density at radius 1 is 1.30 bits per heavy atom. The van der Waals surface area contributed by atoms with Crippen LogP contribution >= 0.6 is 11.6 Å². The molecule has 0 radical (unpaired) electrons. The van der Waals surface area contributed by atoms with E-state index in [0.29, 0.717) is 18.2 Å². The van der Waals surface area contributed by atoms with Crippen molar-refractivity contribution in [2.24, 2.45) is 0 Å². The number of pyridine rings is 1. The average molecular weight is 349 g/mol. The molecule has 2 N–H and O–H groups in total. The maximum atomic E-state index is 12.0. The summed E-state index contributed by atoms with van der Waals surface area (Å²) in [5.74, 6) is -0.0581. The number of halogens is 4. The van der Waals surface area contributed by atoms with Crippen molar-refractivity contribution >= 4 is 11.6 Å². The van der Waals surface area contributed by atoms with E-state index < -0.39 is 12.8 Å². The minimum Gasteiger partial charge on any atom is -0.468 e. The molecule has 2 heterocycles. The van der Waals surface area contributed by atoms with E-state index in [1.807, 2.05) is 6.92 Å². The van der Waals surface area contributed by atoms with Crippen LogP contribution in [0.15, 0.2) is 18.3 Å². The van der Waals surface area contributed by atoms with Gasteiger partial charge in [-0.15, -0.1) is 0 Å². The highest BCUT2D eigenvalue weighted by atomic mass is 35.5. The Labute approximate surface area is 136 Å². The summed E-state index contributed by atoms with van der Waals surface area (Å²) in [7, 11) is 0. The first-order chi connectivity index (χ1) is 10.9. The van der Waals surface area contributed by atoms with Crippen molar-refractivity contribution < 1.29 is 17.9 Å². The number of hydrogen-bond donors (Lipinski definition) is 2. The molecule has 0 aliphatic carbocycles. The summed E-state index contributed by atoms with van der Waals surface area (Å²) < 4.78 is 40.7. The Kier molecular flexibility index (Phi) is 5.84. The van der Waals surface area contributed by atoms with E-state index in [1.165, 1.54) is 12.3 Å². The van der Waals surface area contributed by atoms with E-state index in [-0.39, 0.29) is 5.88 Å². The van der Waals surface area contributed by atoms with Crippen molar-refractivity contribution in [2.75, 3.05) is 6.61 Å². The van der Waals surface area contributed by atoms with E-state index in [4.69, 9.17) is 11.6 Å². The van der Waals surface area contributed by atoms with Gasteiger partial charge in [-0.3, -0.25) is 5.10 Å². The van der Waals surface area contributed by atoms with Crippen LogP contribution in [0, 0.1) is 0 Å². The fourth-order valence-electron chi connectivity index (χ4n) is 1.94. The first kappa shape index (κ1) is 17.6. The summed E-state index contributed by atoms with van der Waals surface area (Å²) in [4.78, 5) is 3.84. The lowest BCUT2D eigenvalue weighted by Gasteiger charge is -2.09. The molecule has 0 bridgehead atoms. The summed E-state index contributed by atoms with van der Waals surface area (Å²) in [5, 5.41) is 10.4. The maximum Gasteiger partial charge on any atom is 0.422 e. The van der Waals surface area contributed by atoms with Crippen LogP contribution in [0.1, 0.15) is 23.7 Å². The van der Waals surface area contributed by atoms with Gasteiger partial charge in [0, 0.05) is 36.6 Å². The molecule has 0 saturated heterocycles. The number of nitrogens with zero attached hydrogens (tertiary/aromatic N) is 2. The topological polar surface area (TPSA) is 62.8 Å². The van der Waals surface area contributed by atoms with Crippen LogP contribution in [0.2, 0.25) is 5.15 Å². The monoisotopic (exact) mass is 348 g/mol. The normalized spacial score (nSPS) is 11.7. The third-order valence-corrected chi connectivity index (χ3v) is 3.38. The Balaban J connectivity index is 1.83. The number of aromatic amines is 1. The number of aryl methyl sites for hydroxylation is 1. The van der Waals surface area contributed by atoms with Gasteiger partial charge in [-0.2, -0.15) is 18.3 Å². The number of aromatic nitrogens is 3. The first-order valence-corrected chi connectivity index (χ1v) is 7.33. The van der Waals surface area contributed by atoms with Gasteiger partial charge < -0.3 is 10.1 Å². The molecular weight excluding hydrogens is 333 g/mol. The Bertz CT molecular complexity index is 628. The quantitative estimate of drug-likeness (QED) is 0.806. The first-order valence-electron chi connectivity index (χ1n) is 6.96. The second-order valence-electron chi connectivity index (χ2n) is 4.84. The number of nitrogens with one attached hydrogen (secondary N) is 2. The molecule has 5 nitrogen and oxygen atoms in total. The van der Waals surface area contributed by atoms with Crippen LogP contribution in [0.4, 0.5) is 13.2 Å². The van der Waals surface area contributed by atoms with E-state index in [9.17, 15) is 13.2 Å². The molecule has 0 fully saturated rings. The third kappa shape index (κ3) is 5.40. The minimum absolute atomic E-state index is 0.0581. The van der Waals surface area contributed by atoms with E-state index in [0.717, 1.165) is 23.2 Å². The van der Waals surface area contributed by atoms with E-state index in [1.54, 1.807) is 6.07 Å². The SMILES string of the molecule is CCc1[nH]nc(Cl)c1CNCc1ccc(OCC(F)(F)F)nc1. The highest BCUT2D eigenvalue weighted by Gasteiger charge is 2.28. The molecule has 9 heteroatoms. The lowest BCUT2D eigenvalue weighted by atomic mass is 10.2. The summed E-state index contributed by atoms with van der Waals surface area (Å²) >= 11 is 5.99. The smallest absolute Gasteiger partial charge is 0.422 e. The average Bonchev–Trinajstić information content (AvgIpc) is 2.86. The van der Waals surface area contributed by atoms with Gasteiger partial charge >= 0.3 is 6.18 Å². The highest BCUT2D eigenvalue weighted by Crippen LogP contribution is 2.18. The van der Waals surface area contributed by atoms with Crippen LogP contribution < -0.4 is 10.1 Å². The van der Waals surface area contributed by atoms with Crippen molar-refractivity contribution in [1.29, 1.82) is 0 Å². The van der Waals surface area contributed by atoms with Gasteiger partial charge in [0.15, 0.2) is 11.8 Å². The number of ether oxygens (including phenoxy) is 1. The van der Waals surface area contributed by atoms with E-state index in [2.05, 4.69) is 25.2 Å². The molecule has 0 aromatic carbocycles. The second-order valence-corrected chi connectivity index (χ2v) is 5.20. The molecule has 126 valence electrons. The van der Waals surface area contributed by atoms with Gasteiger partial charge in [0.2, 0.25) is 5.88 Å². The zero-order valence-electron chi connectivity index (χ0n) is 12.4. The predicted octanol–water partition coefficient (Wildman–Crippen LogP) is 3.25. The number of alkyl halides is 3. The van der Waals surface area contributed by atoms with Crippen molar-refractivity contribution in [1.82, 2.24) is 20.5 Å². The molecule has 0 aliphatic rings. The van der Waals surface area contributed by atoms with Gasteiger partial charge in [-0.05, 0) is 12.0 Å². The molecule has 0 amide bonds. The fourth-order valence-corrected chi connectivity index (χ4v) is 2.16. The Hall–Kier alpha value is -1.80. The van der Waals surface area contributed by atoms with Crippen molar-refractivity contribution in [3.8, 4) is 5.88 Å². The maximum absolute atomic E-state index is 12.0.